The maximum atomic E-state index is 12.6. The van der Waals surface area contributed by atoms with Crippen LogP contribution >= 0.6 is 0 Å². The summed E-state index contributed by atoms with van der Waals surface area (Å²) in [7, 11) is 1.52. The molecule has 0 radical (unpaired) electrons. The molecule has 0 bridgehead atoms. The van der Waals surface area contributed by atoms with Crippen molar-refractivity contribution in [3.05, 3.63) is 52.5 Å². The number of aliphatic hydroxyl groups excluding tert-OH is 2. The molecule has 0 fully saturated rings. The van der Waals surface area contributed by atoms with E-state index in [0.717, 1.165) is 0 Å². The molecule has 0 saturated heterocycles. The van der Waals surface area contributed by atoms with Crippen LogP contribution in [0.5, 0.6) is 5.75 Å². The molecule has 0 aromatic heterocycles. The van der Waals surface area contributed by atoms with Crippen LogP contribution in [-0.2, 0) is 9.59 Å². The fourth-order valence-electron chi connectivity index (χ4n) is 3.71. The minimum absolute atomic E-state index is 0.00540. The topological polar surface area (TPSA) is 83.8 Å². The number of carbonyl (C=O) groups is 2. The molecular weight excluding hydrogens is 320 g/mol. The Hall–Kier alpha value is -2.56. The molecule has 1 aromatic carbocycles. The standard InChI is InChI=1S/C20H22O5/c1-25-17-11-3-2-6-12(17)18(19-13(21)7-4-8-14(19)22)20-15(23)9-5-10-16(20)24/h2-3,6,11,18,21,23H,4-5,7-10H2,1H3. The summed E-state index contributed by atoms with van der Waals surface area (Å²) < 4.78 is 5.42. The first-order chi connectivity index (χ1) is 12.0. The van der Waals surface area contributed by atoms with Crippen molar-refractivity contribution in [1.29, 1.82) is 0 Å². The van der Waals surface area contributed by atoms with Crippen LogP contribution in [0, 0.1) is 0 Å². The number of hydrogen-bond donors (Lipinski definition) is 2. The molecule has 0 atom stereocenters. The molecule has 0 amide bonds. The lowest BCUT2D eigenvalue weighted by atomic mass is 9.74. The van der Waals surface area contributed by atoms with E-state index in [0.29, 0.717) is 49.8 Å². The average molecular weight is 342 g/mol. The summed E-state index contributed by atoms with van der Waals surface area (Å²) in [5, 5.41) is 20.9. The first kappa shape index (κ1) is 17.3. The Morgan fingerprint density at radius 2 is 1.40 bits per heavy atom. The van der Waals surface area contributed by atoms with Crippen molar-refractivity contribution in [2.45, 2.75) is 44.4 Å². The molecule has 0 aliphatic heterocycles. The normalized spacial score (nSPS) is 19.0. The van der Waals surface area contributed by atoms with E-state index in [2.05, 4.69) is 0 Å². The number of ketones is 2. The maximum absolute atomic E-state index is 12.6. The minimum Gasteiger partial charge on any atom is -0.512 e. The molecule has 1 aromatic rings. The molecule has 132 valence electrons. The fourth-order valence-corrected chi connectivity index (χ4v) is 3.71. The van der Waals surface area contributed by atoms with Gasteiger partial charge in [0, 0.05) is 42.4 Å². The van der Waals surface area contributed by atoms with Gasteiger partial charge in [0.25, 0.3) is 0 Å². The third-order valence-electron chi connectivity index (χ3n) is 4.88. The Balaban J connectivity index is 2.26. The molecule has 2 aliphatic rings. The SMILES string of the molecule is COc1ccccc1C(C1=C(O)CCCC1=O)C1=C(O)CCCC1=O. The fraction of sp³-hybridized carbons (Fsp3) is 0.400. The second kappa shape index (κ2) is 7.13. The molecule has 0 unspecified atom stereocenters. The number of hydrogen-bond acceptors (Lipinski definition) is 5. The van der Waals surface area contributed by atoms with E-state index in [1.54, 1.807) is 24.3 Å². The predicted octanol–water partition coefficient (Wildman–Crippen LogP) is 3.91. The van der Waals surface area contributed by atoms with Crippen LogP contribution < -0.4 is 4.74 Å². The summed E-state index contributed by atoms with van der Waals surface area (Å²) in [5.41, 5.74) is 1.04. The summed E-state index contributed by atoms with van der Waals surface area (Å²) in [5.74, 6) is -0.630. The van der Waals surface area contributed by atoms with Gasteiger partial charge in [0.05, 0.1) is 24.5 Å². The van der Waals surface area contributed by atoms with E-state index >= 15 is 0 Å². The number of Topliss-reactive ketones (excluding diaryl/α,β-unsaturated/α-hetero) is 2. The Labute approximate surface area is 146 Å². The van der Waals surface area contributed by atoms with Crippen molar-refractivity contribution in [2.24, 2.45) is 0 Å². The average Bonchev–Trinajstić information content (AvgIpc) is 2.60. The van der Waals surface area contributed by atoms with Gasteiger partial charge in [0.1, 0.15) is 5.75 Å². The van der Waals surface area contributed by atoms with Crippen LogP contribution in [0.2, 0.25) is 0 Å². The maximum Gasteiger partial charge on any atom is 0.163 e. The molecule has 5 nitrogen and oxygen atoms in total. The van der Waals surface area contributed by atoms with Gasteiger partial charge in [-0.15, -0.1) is 0 Å². The van der Waals surface area contributed by atoms with E-state index in [1.165, 1.54) is 7.11 Å². The zero-order chi connectivity index (χ0) is 18.0. The molecule has 0 saturated carbocycles. The molecule has 0 heterocycles. The van der Waals surface area contributed by atoms with E-state index in [1.807, 2.05) is 0 Å². The second-order valence-corrected chi connectivity index (χ2v) is 6.45. The zero-order valence-electron chi connectivity index (χ0n) is 14.2. The first-order valence-electron chi connectivity index (χ1n) is 8.58. The van der Waals surface area contributed by atoms with Crippen molar-refractivity contribution in [3.8, 4) is 5.75 Å². The smallest absolute Gasteiger partial charge is 0.163 e. The van der Waals surface area contributed by atoms with Gasteiger partial charge in [0.2, 0.25) is 0 Å². The lowest BCUT2D eigenvalue weighted by Crippen LogP contribution is -2.26. The number of allylic oxidation sites excluding steroid dienone is 4. The molecule has 2 N–H and O–H groups in total. The second-order valence-electron chi connectivity index (χ2n) is 6.45. The van der Waals surface area contributed by atoms with Crippen molar-refractivity contribution in [3.63, 3.8) is 0 Å². The third kappa shape index (κ3) is 3.18. The van der Waals surface area contributed by atoms with Gasteiger partial charge in [-0.3, -0.25) is 9.59 Å². The third-order valence-corrected chi connectivity index (χ3v) is 4.88. The number of carbonyl (C=O) groups excluding carboxylic acids is 2. The van der Waals surface area contributed by atoms with Crippen LogP contribution in [0.25, 0.3) is 0 Å². The van der Waals surface area contributed by atoms with Crippen molar-refractivity contribution < 1.29 is 24.5 Å². The Morgan fingerprint density at radius 1 is 0.880 bits per heavy atom. The Bertz CT molecular complexity index is 730. The van der Waals surface area contributed by atoms with Crippen LogP contribution in [0.4, 0.5) is 0 Å². The predicted molar refractivity (Wildman–Crippen MR) is 92.8 cm³/mol. The van der Waals surface area contributed by atoms with Gasteiger partial charge in [-0.1, -0.05) is 18.2 Å². The number of para-hydroxylation sites is 1. The highest BCUT2D eigenvalue weighted by molar-refractivity contribution is 6.05. The van der Waals surface area contributed by atoms with Gasteiger partial charge in [-0.2, -0.15) is 0 Å². The Kier molecular flexibility index (Phi) is 4.93. The lowest BCUT2D eigenvalue weighted by Gasteiger charge is -2.29. The number of ether oxygens (including phenoxy) is 1. The first-order valence-corrected chi connectivity index (χ1v) is 8.58. The number of rotatable bonds is 4. The van der Waals surface area contributed by atoms with Crippen LogP contribution in [-0.4, -0.2) is 28.9 Å². The number of methoxy groups -OCH3 is 1. The highest BCUT2D eigenvalue weighted by Crippen LogP contribution is 2.44. The van der Waals surface area contributed by atoms with Crippen LogP contribution in [0.15, 0.2) is 46.9 Å². The molecule has 25 heavy (non-hydrogen) atoms. The van der Waals surface area contributed by atoms with Gasteiger partial charge in [0.15, 0.2) is 11.6 Å². The molecular formula is C20H22O5. The van der Waals surface area contributed by atoms with Gasteiger partial charge < -0.3 is 14.9 Å². The monoisotopic (exact) mass is 342 g/mol. The highest BCUT2D eigenvalue weighted by Gasteiger charge is 2.38. The van der Waals surface area contributed by atoms with Gasteiger partial charge >= 0.3 is 0 Å². The van der Waals surface area contributed by atoms with Crippen molar-refractivity contribution >= 4 is 11.6 Å². The molecule has 5 heteroatoms. The van der Waals surface area contributed by atoms with Crippen LogP contribution in [0.3, 0.4) is 0 Å². The summed E-state index contributed by atoms with van der Waals surface area (Å²) in [6, 6.07) is 7.11. The highest BCUT2D eigenvalue weighted by atomic mass is 16.5. The molecule has 0 spiro atoms. The summed E-state index contributed by atoms with van der Waals surface area (Å²) in [6.07, 6.45) is 2.63. The summed E-state index contributed by atoms with van der Waals surface area (Å²) >= 11 is 0. The van der Waals surface area contributed by atoms with Gasteiger partial charge in [-0.25, -0.2) is 0 Å². The zero-order valence-corrected chi connectivity index (χ0v) is 14.2. The van der Waals surface area contributed by atoms with E-state index in [9.17, 15) is 19.8 Å². The Morgan fingerprint density at radius 3 is 1.88 bits per heavy atom. The summed E-state index contributed by atoms with van der Waals surface area (Å²) in [6.45, 7) is 0. The van der Waals surface area contributed by atoms with Crippen molar-refractivity contribution in [2.75, 3.05) is 7.11 Å². The van der Waals surface area contributed by atoms with E-state index < -0.39 is 5.92 Å². The molecule has 2 aliphatic carbocycles. The van der Waals surface area contributed by atoms with Gasteiger partial charge in [-0.05, 0) is 18.9 Å². The van der Waals surface area contributed by atoms with Crippen molar-refractivity contribution in [1.82, 2.24) is 0 Å². The minimum atomic E-state index is -0.795. The van der Waals surface area contributed by atoms with E-state index in [-0.39, 0.29) is 34.2 Å². The lowest BCUT2D eigenvalue weighted by molar-refractivity contribution is -0.117. The quantitative estimate of drug-likeness (QED) is 0.867. The summed E-state index contributed by atoms with van der Waals surface area (Å²) in [4.78, 5) is 25.2. The van der Waals surface area contributed by atoms with E-state index in [4.69, 9.17) is 4.74 Å². The molecule has 3 rings (SSSR count). The number of benzene rings is 1. The van der Waals surface area contributed by atoms with Crippen LogP contribution in [0.1, 0.15) is 50.0 Å². The largest absolute Gasteiger partial charge is 0.512 e. The number of aliphatic hydroxyl groups is 2.